The summed E-state index contributed by atoms with van der Waals surface area (Å²) in [6.45, 7) is 9.20. The maximum atomic E-state index is 3.71. The number of halogens is 2. The first-order valence-electron chi connectivity index (χ1n) is 12.3. The van der Waals surface area contributed by atoms with Crippen molar-refractivity contribution >= 4 is 16.1 Å². The average Bonchev–Trinajstić information content (AvgIpc) is 3.31. The Morgan fingerprint density at radius 2 is 1.03 bits per heavy atom. The van der Waals surface area contributed by atoms with E-state index < -0.39 is 16.1 Å². The van der Waals surface area contributed by atoms with Gasteiger partial charge in [-0.25, -0.2) is 22.5 Å². The van der Waals surface area contributed by atoms with Gasteiger partial charge in [-0.15, -0.1) is 0 Å². The SMILES string of the molecule is CCC[Si]1(C2=CCC(CC)=[C-]2)CCC1.CCC[Si]1(C2=CCC(CC)=[C-]2)CCC1.[Cl-].[Cl-].[Zr+4]. The summed E-state index contributed by atoms with van der Waals surface area (Å²) in [7, 11) is -1.88. The van der Waals surface area contributed by atoms with Crippen LogP contribution in [0.1, 0.15) is 79.1 Å². The Morgan fingerprint density at radius 3 is 1.23 bits per heavy atom. The van der Waals surface area contributed by atoms with Gasteiger partial charge in [0.15, 0.2) is 0 Å². The van der Waals surface area contributed by atoms with E-state index >= 15 is 0 Å². The maximum absolute atomic E-state index is 3.71. The Hall–Kier alpha value is 0.857. The van der Waals surface area contributed by atoms with E-state index in [2.05, 4.69) is 52.0 Å². The van der Waals surface area contributed by atoms with Gasteiger partial charge in [-0.2, -0.15) is 11.1 Å². The minimum atomic E-state index is -0.939. The van der Waals surface area contributed by atoms with Gasteiger partial charge < -0.3 is 24.8 Å². The summed E-state index contributed by atoms with van der Waals surface area (Å²) < 4.78 is 0. The van der Waals surface area contributed by atoms with Gasteiger partial charge in [-0.3, -0.25) is 12.2 Å². The molecule has 0 saturated carbocycles. The molecule has 0 aromatic carbocycles. The maximum Gasteiger partial charge on any atom is 4.00 e. The minimum Gasteiger partial charge on any atom is -1.00 e. The third-order valence-electron chi connectivity index (χ3n) is 7.80. The fourth-order valence-corrected chi connectivity index (χ4v) is 14.6. The fraction of sp³-hybridized carbons (Fsp3) is 0.692. The van der Waals surface area contributed by atoms with Crippen LogP contribution in [-0.2, 0) is 26.2 Å². The zero-order chi connectivity index (χ0) is 20.0. The predicted molar refractivity (Wildman–Crippen MR) is 130 cm³/mol. The number of rotatable bonds is 8. The van der Waals surface area contributed by atoms with Crippen molar-refractivity contribution < 1.29 is 51.0 Å². The second-order valence-corrected chi connectivity index (χ2v) is 18.8. The Morgan fingerprint density at radius 1 is 0.677 bits per heavy atom. The largest absolute Gasteiger partial charge is 4.00 e. The van der Waals surface area contributed by atoms with Gasteiger partial charge in [-0.1, -0.05) is 115 Å². The molecule has 0 atom stereocenters. The van der Waals surface area contributed by atoms with E-state index in [-0.39, 0.29) is 51.0 Å². The molecule has 0 unspecified atom stereocenters. The van der Waals surface area contributed by atoms with E-state index in [1.807, 2.05) is 0 Å². The zero-order valence-corrected chi connectivity index (χ0v) is 26.3. The summed E-state index contributed by atoms with van der Waals surface area (Å²) in [5.74, 6) is 0. The van der Waals surface area contributed by atoms with Crippen LogP contribution >= 0.6 is 0 Å². The van der Waals surface area contributed by atoms with Crippen LogP contribution < -0.4 is 24.8 Å². The molecule has 0 radical (unpaired) electrons. The predicted octanol–water partition coefficient (Wildman–Crippen LogP) is 2.52. The summed E-state index contributed by atoms with van der Waals surface area (Å²) in [5, 5.41) is 3.39. The molecule has 2 aliphatic carbocycles. The fourth-order valence-electron chi connectivity index (χ4n) is 5.67. The summed E-state index contributed by atoms with van der Waals surface area (Å²) in [5.41, 5.74) is 3.10. The molecule has 0 nitrogen and oxygen atoms in total. The molecule has 31 heavy (non-hydrogen) atoms. The Bertz CT molecular complexity index is 613. The molecule has 0 N–H and O–H groups in total. The molecule has 2 aliphatic heterocycles. The van der Waals surface area contributed by atoms with Crippen LogP contribution in [0.3, 0.4) is 0 Å². The molecule has 2 heterocycles. The van der Waals surface area contributed by atoms with E-state index in [1.165, 1.54) is 63.5 Å². The normalized spacial score (nSPS) is 21.8. The number of hydrogen-bond acceptors (Lipinski definition) is 0. The summed E-state index contributed by atoms with van der Waals surface area (Å²) in [6.07, 6.45) is 23.0. The van der Waals surface area contributed by atoms with Crippen LogP contribution in [0, 0.1) is 12.2 Å². The van der Waals surface area contributed by atoms with Crippen LogP contribution in [0.5, 0.6) is 0 Å². The standard InChI is InChI=1S/2C13H21Si.2ClH.Zr/c2*1-3-8-14(9-5-10-14)13-7-6-12(4-2)11-13;;;/h2*7H,3-6,8-10H2,1-2H3;2*1H;/q2*-1;;;+4/p-2. The van der Waals surface area contributed by atoms with Crippen molar-refractivity contribution in [2.24, 2.45) is 0 Å². The van der Waals surface area contributed by atoms with Crippen molar-refractivity contribution in [3.8, 4) is 0 Å². The molecule has 172 valence electrons. The van der Waals surface area contributed by atoms with Gasteiger partial charge in [0.1, 0.15) is 0 Å². The van der Waals surface area contributed by atoms with E-state index in [1.54, 1.807) is 45.7 Å². The molecule has 2 saturated heterocycles. The van der Waals surface area contributed by atoms with Crippen molar-refractivity contribution in [3.63, 3.8) is 0 Å². The third-order valence-corrected chi connectivity index (χ3v) is 18.9. The van der Waals surface area contributed by atoms with Gasteiger partial charge >= 0.3 is 26.2 Å². The zero-order valence-electron chi connectivity index (χ0n) is 20.3. The van der Waals surface area contributed by atoms with Crippen LogP contribution in [0.15, 0.2) is 33.7 Å². The van der Waals surface area contributed by atoms with Gasteiger partial charge in [0.05, 0.1) is 0 Å². The molecule has 0 aromatic rings. The van der Waals surface area contributed by atoms with E-state index in [0.29, 0.717) is 0 Å². The molecule has 4 aliphatic rings. The Balaban J connectivity index is 0.000000529. The quantitative estimate of drug-likeness (QED) is 0.310. The summed E-state index contributed by atoms with van der Waals surface area (Å²) in [6, 6.07) is 9.24. The first-order chi connectivity index (χ1) is 13.6. The molecule has 5 heteroatoms. The van der Waals surface area contributed by atoms with Crippen molar-refractivity contribution in [1.82, 2.24) is 0 Å². The van der Waals surface area contributed by atoms with E-state index in [4.69, 9.17) is 0 Å². The Labute approximate surface area is 226 Å². The Kier molecular flexibility index (Phi) is 15.4. The van der Waals surface area contributed by atoms with Gasteiger partial charge in [0, 0.05) is 16.1 Å². The van der Waals surface area contributed by atoms with Crippen LogP contribution in [0.25, 0.3) is 0 Å². The number of hydrogen-bond donors (Lipinski definition) is 0. The first kappa shape index (κ1) is 31.9. The summed E-state index contributed by atoms with van der Waals surface area (Å²) >= 11 is 0. The van der Waals surface area contributed by atoms with Gasteiger partial charge in [0.2, 0.25) is 0 Å². The second-order valence-electron chi connectivity index (χ2n) is 9.58. The van der Waals surface area contributed by atoms with Crippen LogP contribution in [0.2, 0.25) is 36.3 Å². The van der Waals surface area contributed by atoms with Crippen molar-refractivity contribution in [3.05, 3.63) is 45.8 Å². The average molecular weight is 573 g/mol. The van der Waals surface area contributed by atoms with Crippen molar-refractivity contribution in [2.75, 3.05) is 0 Å². The van der Waals surface area contributed by atoms with Gasteiger partial charge in [-0.05, 0) is 0 Å². The molecular formula is C26H42Cl2Si2Zr. The molecule has 0 spiro atoms. The minimum absolute atomic E-state index is 0. The molecule has 0 aromatic heterocycles. The third kappa shape index (κ3) is 7.42. The van der Waals surface area contributed by atoms with Crippen LogP contribution in [-0.4, -0.2) is 16.1 Å². The van der Waals surface area contributed by atoms with Crippen molar-refractivity contribution in [1.29, 1.82) is 0 Å². The molecule has 0 amide bonds. The van der Waals surface area contributed by atoms with Crippen LogP contribution in [0.4, 0.5) is 0 Å². The first-order valence-corrected chi connectivity index (χ1v) is 17.5. The molecule has 2 fully saturated rings. The molecule has 0 bridgehead atoms. The summed E-state index contributed by atoms with van der Waals surface area (Å²) in [4.78, 5) is 0. The monoisotopic (exact) mass is 570 g/mol. The van der Waals surface area contributed by atoms with E-state index in [9.17, 15) is 0 Å². The smallest absolute Gasteiger partial charge is 1.00 e. The topological polar surface area (TPSA) is 0 Å². The molecular weight excluding hydrogens is 531 g/mol. The molecule has 4 rings (SSSR count). The number of allylic oxidation sites excluding steroid dienone is 8. The van der Waals surface area contributed by atoms with Crippen molar-refractivity contribution in [2.45, 2.75) is 115 Å². The van der Waals surface area contributed by atoms with Gasteiger partial charge in [0.25, 0.3) is 0 Å². The van der Waals surface area contributed by atoms with E-state index in [0.717, 1.165) is 0 Å². The second kappa shape index (κ2) is 15.0.